The van der Waals surface area contributed by atoms with Crippen LogP contribution in [0.3, 0.4) is 0 Å². The summed E-state index contributed by atoms with van der Waals surface area (Å²) in [5, 5.41) is 3.90. The van der Waals surface area contributed by atoms with Crippen LogP contribution in [0.5, 0.6) is 0 Å². The van der Waals surface area contributed by atoms with Crippen molar-refractivity contribution in [3.8, 4) is 0 Å². The first-order chi connectivity index (χ1) is 9.55. The lowest BCUT2D eigenvalue weighted by Crippen LogP contribution is -2.28. The van der Waals surface area contributed by atoms with Crippen molar-refractivity contribution in [2.75, 3.05) is 5.73 Å². The highest BCUT2D eigenvalue weighted by molar-refractivity contribution is 7.11. The summed E-state index contributed by atoms with van der Waals surface area (Å²) in [5.41, 5.74) is 6.94. The van der Waals surface area contributed by atoms with Crippen molar-refractivity contribution in [3.63, 3.8) is 0 Å². The number of thiazole rings is 1. The highest BCUT2D eigenvalue weighted by atomic mass is 32.1. The van der Waals surface area contributed by atoms with Gasteiger partial charge in [-0.2, -0.15) is 0 Å². The molecule has 2 aromatic rings. The summed E-state index contributed by atoms with van der Waals surface area (Å²) >= 11 is 1.64. The topological polar surface area (TPSA) is 72.9 Å². The number of aryl methyl sites for hydroxylation is 2. The van der Waals surface area contributed by atoms with E-state index in [0.717, 1.165) is 11.4 Å². The fraction of sp³-hybridized carbons (Fsp3) is 0.429. The maximum atomic E-state index is 12.3. The number of carbonyl (C=O) groups is 1. The van der Waals surface area contributed by atoms with Gasteiger partial charge in [0.1, 0.15) is 10.7 Å². The zero-order valence-corrected chi connectivity index (χ0v) is 12.8. The molecule has 108 valence electrons. The number of rotatable bonds is 5. The Morgan fingerprint density at radius 1 is 1.55 bits per heavy atom. The number of aromatic nitrogens is 2. The van der Waals surface area contributed by atoms with Gasteiger partial charge in [-0.25, -0.2) is 4.98 Å². The fourth-order valence-corrected chi connectivity index (χ4v) is 2.86. The van der Waals surface area contributed by atoms with Gasteiger partial charge in [0.2, 0.25) is 0 Å². The third kappa shape index (κ3) is 3.01. The third-order valence-electron chi connectivity index (χ3n) is 3.13. The van der Waals surface area contributed by atoms with Crippen LogP contribution in [0.2, 0.25) is 0 Å². The van der Waals surface area contributed by atoms with Crippen LogP contribution in [0.1, 0.15) is 47.2 Å². The van der Waals surface area contributed by atoms with Crippen molar-refractivity contribution >= 4 is 22.9 Å². The Labute approximate surface area is 122 Å². The van der Waals surface area contributed by atoms with Gasteiger partial charge in [0.05, 0.1) is 11.7 Å². The van der Waals surface area contributed by atoms with E-state index in [2.05, 4.69) is 17.2 Å². The second kappa shape index (κ2) is 6.09. The number of hydrogen-bond acceptors (Lipinski definition) is 4. The molecular formula is C14H20N4OS. The van der Waals surface area contributed by atoms with Crippen molar-refractivity contribution in [1.82, 2.24) is 14.9 Å². The van der Waals surface area contributed by atoms with Crippen LogP contribution in [-0.2, 0) is 13.0 Å². The molecule has 0 saturated heterocycles. The molecule has 0 aliphatic rings. The van der Waals surface area contributed by atoms with E-state index in [1.54, 1.807) is 23.6 Å². The largest absolute Gasteiger partial charge is 0.397 e. The summed E-state index contributed by atoms with van der Waals surface area (Å²) in [4.78, 5) is 17.9. The fourth-order valence-electron chi connectivity index (χ4n) is 2.00. The van der Waals surface area contributed by atoms with Crippen molar-refractivity contribution in [3.05, 3.63) is 34.0 Å². The average molecular weight is 292 g/mol. The Morgan fingerprint density at radius 3 is 2.90 bits per heavy atom. The number of hydrogen-bond donors (Lipinski definition) is 2. The molecule has 5 nitrogen and oxygen atoms in total. The highest BCUT2D eigenvalue weighted by Gasteiger charge is 2.17. The highest BCUT2D eigenvalue weighted by Crippen LogP contribution is 2.21. The molecular weight excluding hydrogens is 272 g/mol. The number of amides is 1. The lowest BCUT2D eigenvalue weighted by molar-refractivity contribution is 0.0930. The Balaban J connectivity index is 2.10. The van der Waals surface area contributed by atoms with E-state index >= 15 is 0 Å². The maximum absolute atomic E-state index is 12.3. The van der Waals surface area contributed by atoms with Crippen molar-refractivity contribution in [2.24, 2.45) is 0 Å². The quantitative estimate of drug-likeness (QED) is 0.889. The van der Waals surface area contributed by atoms with Gasteiger partial charge >= 0.3 is 0 Å². The summed E-state index contributed by atoms with van der Waals surface area (Å²) in [6.45, 7) is 6.73. The van der Waals surface area contributed by atoms with Gasteiger partial charge < -0.3 is 15.6 Å². The monoisotopic (exact) mass is 292 g/mol. The van der Waals surface area contributed by atoms with Gasteiger partial charge in [0.25, 0.3) is 5.91 Å². The third-order valence-corrected chi connectivity index (χ3v) is 4.45. The average Bonchev–Trinajstić information content (AvgIpc) is 3.04. The first kappa shape index (κ1) is 14.6. The Hall–Kier alpha value is -1.82. The Bertz CT molecular complexity index is 602. The summed E-state index contributed by atoms with van der Waals surface area (Å²) in [6, 6.07) is 1.60. The minimum atomic E-state index is -0.121. The molecule has 2 rings (SSSR count). The molecule has 2 heterocycles. The molecule has 0 aliphatic heterocycles. The van der Waals surface area contributed by atoms with Crippen LogP contribution in [0.4, 0.5) is 5.69 Å². The molecule has 0 radical (unpaired) electrons. The van der Waals surface area contributed by atoms with Crippen LogP contribution in [0.15, 0.2) is 18.5 Å². The molecule has 0 aromatic carbocycles. The van der Waals surface area contributed by atoms with E-state index < -0.39 is 0 Å². The maximum Gasteiger partial charge on any atom is 0.268 e. The van der Waals surface area contributed by atoms with Crippen LogP contribution >= 0.6 is 11.3 Å². The molecule has 2 aromatic heterocycles. The minimum absolute atomic E-state index is 0.103. The Kier molecular flexibility index (Phi) is 4.44. The van der Waals surface area contributed by atoms with E-state index in [1.165, 1.54) is 4.88 Å². The van der Waals surface area contributed by atoms with Crippen molar-refractivity contribution in [1.29, 1.82) is 0 Å². The molecule has 1 unspecified atom stereocenters. The summed E-state index contributed by atoms with van der Waals surface area (Å²) in [7, 11) is 0. The molecule has 0 fully saturated rings. The molecule has 3 N–H and O–H groups in total. The normalized spacial score (nSPS) is 12.3. The minimum Gasteiger partial charge on any atom is -0.397 e. The van der Waals surface area contributed by atoms with Crippen molar-refractivity contribution in [2.45, 2.75) is 39.8 Å². The van der Waals surface area contributed by atoms with E-state index in [1.807, 2.05) is 24.6 Å². The predicted octanol–water partition coefficient (Wildman–Crippen LogP) is 2.60. The summed E-state index contributed by atoms with van der Waals surface area (Å²) in [6.07, 6.45) is 4.61. The van der Waals surface area contributed by atoms with Crippen LogP contribution in [-0.4, -0.2) is 15.5 Å². The first-order valence-electron chi connectivity index (χ1n) is 6.76. The molecule has 1 amide bonds. The SMILES string of the molecule is CCc1cnc(C(C)NC(=O)c2cc(N)cn2CC)s1. The molecule has 0 spiro atoms. The van der Waals surface area contributed by atoms with Crippen LogP contribution in [0, 0.1) is 0 Å². The summed E-state index contributed by atoms with van der Waals surface area (Å²) in [5.74, 6) is -0.121. The van der Waals surface area contributed by atoms with E-state index in [-0.39, 0.29) is 11.9 Å². The van der Waals surface area contributed by atoms with E-state index in [4.69, 9.17) is 5.73 Å². The van der Waals surface area contributed by atoms with Gasteiger partial charge in [-0.15, -0.1) is 11.3 Å². The second-order valence-electron chi connectivity index (χ2n) is 4.66. The number of anilines is 1. The van der Waals surface area contributed by atoms with E-state index in [0.29, 0.717) is 17.9 Å². The summed E-state index contributed by atoms with van der Waals surface area (Å²) < 4.78 is 1.84. The van der Waals surface area contributed by atoms with Crippen molar-refractivity contribution < 1.29 is 4.79 Å². The van der Waals surface area contributed by atoms with E-state index in [9.17, 15) is 4.79 Å². The molecule has 0 aliphatic carbocycles. The predicted molar refractivity (Wildman–Crippen MR) is 81.9 cm³/mol. The van der Waals surface area contributed by atoms with Gasteiger partial charge in [-0.1, -0.05) is 6.92 Å². The lowest BCUT2D eigenvalue weighted by Gasteiger charge is -2.12. The molecule has 20 heavy (non-hydrogen) atoms. The standard InChI is InChI=1S/C14H20N4OS/c1-4-11-7-16-14(20-11)9(3)17-13(19)12-6-10(15)8-18(12)5-2/h6-9H,4-5,15H2,1-3H3,(H,17,19). The number of nitrogens with two attached hydrogens (primary N) is 1. The number of nitrogen functional groups attached to an aromatic ring is 1. The molecule has 0 bridgehead atoms. The first-order valence-corrected chi connectivity index (χ1v) is 7.57. The number of nitrogens with zero attached hydrogens (tertiary/aromatic N) is 2. The van der Waals surface area contributed by atoms with Gasteiger partial charge in [-0.3, -0.25) is 4.79 Å². The Morgan fingerprint density at radius 2 is 2.30 bits per heavy atom. The molecule has 0 saturated carbocycles. The number of nitrogens with one attached hydrogen (secondary N) is 1. The van der Waals surface area contributed by atoms with Gasteiger partial charge in [0.15, 0.2) is 0 Å². The van der Waals surface area contributed by atoms with Gasteiger partial charge in [0, 0.05) is 23.8 Å². The van der Waals surface area contributed by atoms with Crippen LogP contribution < -0.4 is 11.1 Å². The number of carbonyl (C=O) groups excluding carboxylic acids is 1. The van der Waals surface area contributed by atoms with Gasteiger partial charge in [-0.05, 0) is 26.3 Å². The molecule has 6 heteroatoms. The smallest absolute Gasteiger partial charge is 0.268 e. The molecule has 1 atom stereocenters. The zero-order valence-electron chi connectivity index (χ0n) is 12.0. The van der Waals surface area contributed by atoms with Crippen LogP contribution in [0.25, 0.3) is 0 Å². The lowest BCUT2D eigenvalue weighted by atomic mass is 10.3. The zero-order chi connectivity index (χ0) is 14.7. The second-order valence-corrected chi connectivity index (χ2v) is 5.80.